The summed E-state index contributed by atoms with van der Waals surface area (Å²) in [5, 5.41) is 0.704. The van der Waals surface area contributed by atoms with Gasteiger partial charge in [-0.1, -0.05) is 55.8 Å². The minimum Gasteiger partial charge on any atom is -0.491 e. The van der Waals surface area contributed by atoms with Crippen molar-refractivity contribution in [1.82, 2.24) is 4.90 Å². The molecule has 3 rings (SSSR count). The second-order valence-electron chi connectivity index (χ2n) is 7.35. The van der Waals surface area contributed by atoms with Crippen molar-refractivity contribution in [2.75, 3.05) is 0 Å². The van der Waals surface area contributed by atoms with Gasteiger partial charge in [-0.15, -0.1) is 11.8 Å². The average Bonchev–Trinajstić information content (AvgIpc) is 2.88. The van der Waals surface area contributed by atoms with E-state index in [-0.39, 0.29) is 29.7 Å². The van der Waals surface area contributed by atoms with Gasteiger partial charge in [0.25, 0.3) is 11.8 Å². The Bertz CT molecular complexity index is 951. The highest BCUT2D eigenvalue weighted by Gasteiger charge is 2.39. The van der Waals surface area contributed by atoms with Crippen molar-refractivity contribution in [3.8, 4) is 5.75 Å². The molecule has 1 aliphatic heterocycles. The summed E-state index contributed by atoms with van der Waals surface area (Å²) in [6, 6.07) is 14.6. The zero-order valence-corrected chi connectivity index (χ0v) is 18.5. The molecule has 0 unspecified atom stereocenters. The van der Waals surface area contributed by atoms with Gasteiger partial charge in [0.15, 0.2) is 0 Å². The van der Waals surface area contributed by atoms with Crippen LogP contribution in [0, 0.1) is 0 Å². The fourth-order valence-electron chi connectivity index (χ4n) is 3.07. The van der Waals surface area contributed by atoms with Gasteiger partial charge in [-0.3, -0.25) is 14.5 Å². The van der Waals surface area contributed by atoms with Crippen LogP contribution < -0.4 is 4.74 Å². The molecule has 2 amide bonds. The van der Waals surface area contributed by atoms with E-state index in [0.717, 1.165) is 11.3 Å². The summed E-state index contributed by atoms with van der Waals surface area (Å²) in [5.41, 5.74) is 1.90. The third-order valence-electron chi connectivity index (χ3n) is 4.28. The molecule has 6 heteroatoms. The van der Waals surface area contributed by atoms with Gasteiger partial charge in [-0.25, -0.2) is 0 Å². The smallest absolute Gasteiger partial charge is 0.268 e. The van der Waals surface area contributed by atoms with E-state index in [2.05, 4.69) is 0 Å². The number of carbonyl (C=O) groups excluding carboxylic acids is 2. The lowest BCUT2D eigenvalue weighted by atomic mass is 10.1. The van der Waals surface area contributed by atoms with E-state index < -0.39 is 0 Å². The van der Waals surface area contributed by atoms with Gasteiger partial charge in [0, 0.05) is 10.3 Å². The number of ether oxygens (including phenoxy) is 1. The molecule has 0 fully saturated rings. The largest absolute Gasteiger partial charge is 0.491 e. The standard InChI is InChI=1S/C23H24ClNO3S/c1-14(2)28-18-11-9-16(10-12-18)20-21(29-15(3)4)23(27)25(22(20)26)13-17-7-5-6-8-19(17)24/h5-12,14-15H,13H2,1-4H3. The Morgan fingerprint density at radius 3 is 2.21 bits per heavy atom. The first-order valence-electron chi connectivity index (χ1n) is 9.55. The lowest BCUT2D eigenvalue weighted by molar-refractivity contribution is -0.137. The van der Waals surface area contributed by atoms with E-state index in [1.807, 2.05) is 70.2 Å². The molecule has 2 aromatic carbocycles. The number of thioether (sulfide) groups is 1. The van der Waals surface area contributed by atoms with E-state index in [4.69, 9.17) is 16.3 Å². The summed E-state index contributed by atoms with van der Waals surface area (Å²) in [4.78, 5) is 28.1. The van der Waals surface area contributed by atoms with Crippen LogP contribution in [-0.4, -0.2) is 28.1 Å². The highest BCUT2D eigenvalue weighted by atomic mass is 35.5. The van der Waals surface area contributed by atoms with Crippen LogP contribution in [0.1, 0.15) is 38.8 Å². The first-order valence-corrected chi connectivity index (χ1v) is 10.8. The highest BCUT2D eigenvalue weighted by Crippen LogP contribution is 2.39. The van der Waals surface area contributed by atoms with Crippen LogP contribution in [0.2, 0.25) is 5.02 Å². The van der Waals surface area contributed by atoms with Gasteiger partial charge < -0.3 is 4.74 Å². The van der Waals surface area contributed by atoms with Crippen molar-refractivity contribution in [3.05, 3.63) is 69.6 Å². The first-order chi connectivity index (χ1) is 13.8. The molecule has 0 N–H and O–H groups in total. The van der Waals surface area contributed by atoms with Crippen molar-refractivity contribution >= 4 is 40.8 Å². The number of imide groups is 1. The number of carbonyl (C=O) groups is 2. The number of nitrogens with zero attached hydrogens (tertiary/aromatic N) is 1. The number of hydrogen-bond donors (Lipinski definition) is 0. The van der Waals surface area contributed by atoms with Crippen molar-refractivity contribution in [3.63, 3.8) is 0 Å². The van der Waals surface area contributed by atoms with Gasteiger partial charge in [0.05, 0.1) is 23.1 Å². The topological polar surface area (TPSA) is 46.6 Å². The molecule has 0 saturated heterocycles. The van der Waals surface area contributed by atoms with E-state index in [0.29, 0.717) is 21.1 Å². The van der Waals surface area contributed by atoms with Gasteiger partial charge >= 0.3 is 0 Å². The molecular weight excluding hydrogens is 406 g/mol. The quantitative estimate of drug-likeness (QED) is 0.541. The van der Waals surface area contributed by atoms with Crippen molar-refractivity contribution in [2.24, 2.45) is 0 Å². The lowest BCUT2D eigenvalue weighted by Gasteiger charge is -2.16. The fourth-order valence-corrected chi connectivity index (χ4v) is 4.27. The number of benzene rings is 2. The van der Waals surface area contributed by atoms with Crippen LogP contribution in [0.3, 0.4) is 0 Å². The van der Waals surface area contributed by atoms with Crippen LogP contribution in [0.15, 0.2) is 53.4 Å². The molecule has 4 nitrogen and oxygen atoms in total. The predicted molar refractivity (Wildman–Crippen MR) is 119 cm³/mol. The number of amides is 2. The van der Waals surface area contributed by atoms with E-state index in [9.17, 15) is 9.59 Å². The molecule has 2 aromatic rings. The Hall–Kier alpha value is -2.24. The maximum absolute atomic E-state index is 13.2. The van der Waals surface area contributed by atoms with Gasteiger partial charge in [-0.05, 0) is 43.2 Å². The molecule has 0 aromatic heterocycles. The fraction of sp³-hybridized carbons (Fsp3) is 0.304. The lowest BCUT2D eigenvalue weighted by Crippen LogP contribution is -2.31. The molecule has 1 aliphatic rings. The first kappa shape index (κ1) is 21.5. The third-order valence-corrected chi connectivity index (χ3v) is 5.73. The molecule has 0 saturated carbocycles. The number of halogens is 1. The maximum atomic E-state index is 13.2. The van der Waals surface area contributed by atoms with E-state index >= 15 is 0 Å². The van der Waals surface area contributed by atoms with Crippen LogP contribution in [-0.2, 0) is 16.1 Å². The Kier molecular flexibility index (Phi) is 6.70. The molecule has 0 spiro atoms. The van der Waals surface area contributed by atoms with E-state index in [1.54, 1.807) is 6.07 Å². The van der Waals surface area contributed by atoms with Crippen LogP contribution in [0.5, 0.6) is 5.75 Å². The SMILES string of the molecule is CC(C)Oc1ccc(C2=C(SC(C)C)C(=O)N(Cc3ccccc3Cl)C2=O)cc1. The Morgan fingerprint density at radius 2 is 1.62 bits per heavy atom. The average molecular weight is 430 g/mol. The monoisotopic (exact) mass is 429 g/mol. The van der Waals surface area contributed by atoms with Gasteiger partial charge in [0.1, 0.15) is 5.75 Å². The highest BCUT2D eigenvalue weighted by molar-refractivity contribution is 8.04. The summed E-state index contributed by atoms with van der Waals surface area (Å²) in [6.45, 7) is 8.07. The van der Waals surface area contributed by atoms with Crippen LogP contribution >= 0.6 is 23.4 Å². The zero-order valence-electron chi connectivity index (χ0n) is 16.9. The van der Waals surface area contributed by atoms with Crippen molar-refractivity contribution in [1.29, 1.82) is 0 Å². The van der Waals surface area contributed by atoms with E-state index in [1.165, 1.54) is 16.7 Å². The summed E-state index contributed by atoms with van der Waals surface area (Å²) in [7, 11) is 0. The Labute approximate surface area is 180 Å². The maximum Gasteiger partial charge on any atom is 0.268 e. The second kappa shape index (κ2) is 9.06. The Balaban J connectivity index is 1.95. The molecule has 0 radical (unpaired) electrons. The second-order valence-corrected chi connectivity index (χ2v) is 9.34. The van der Waals surface area contributed by atoms with Crippen LogP contribution in [0.25, 0.3) is 5.57 Å². The van der Waals surface area contributed by atoms with Gasteiger partial charge in [-0.2, -0.15) is 0 Å². The molecule has 1 heterocycles. The molecule has 29 heavy (non-hydrogen) atoms. The molecule has 0 atom stereocenters. The predicted octanol–water partition coefficient (Wildman–Crippen LogP) is 5.55. The number of hydrogen-bond acceptors (Lipinski definition) is 4. The summed E-state index contributed by atoms with van der Waals surface area (Å²) >= 11 is 7.66. The zero-order chi connectivity index (χ0) is 21.1. The van der Waals surface area contributed by atoms with Crippen LogP contribution in [0.4, 0.5) is 0 Å². The van der Waals surface area contributed by atoms with Gasteiger partial charge in [0.2, 0.25) is 0 Å². The molecule has 0 aliphatic carbocycles. The minimum absolute atomic E-state index is 0.0629. The molecule has 152 valence electrons. The molecular formula is C23H24ClNO3S. The summed E-state index contributed by atoms with van der Waals surface area (Å²) < 4.78 is 5.69. The summed E-state index contributed by atoms with van der Waals surface area (Å²) in [5.74, 6) is 0.161. The summed E-state index contributed by atoms with van der Waals surface area (Å²) in [6.07, 6.45) is 0.0629. The van der Waals surface area contributed by atoms with Crippen molar-refractivity contribution < 1.29 is 14.3 Å². The molecule has 0 bridgehead atoms. The Morgan fingerprint density at radius 1 is 0.966 bits per heavy atom. The van der Waals surface area contributed by atoms with Crippen molar-refractivity contribution in [2.45, 2.75) is 45.6 Å². The third kappa shape index (κ3) is 4.85. The normalized spacial score (nSPS) is 14.5. The minimum atomic E-state index is -0.296. The number of rotatable bonds is 7.